The van der Waals surface area contributed by atoms with Crippen molar-refractivity contribution in [3.8, 4) is 0 Å². The fourth-order valence-electron chi connectivity index (χ4n) is 2.77. The standard InChI is InChI=1S/C16H23NO/c1-13-11-14(12-18)5-6-15(13)17-9-4-7-16(2,3)8-10-17/h5-6,11-12H,4,7-10H2,1-3H3. The largest absolute Gasteiger partial charge is 0.371 e. The van der Waals surface area contributed by atoms with Gasteiger partial charge in [0.25, 0.3) is 0 Å². The average Bonchev–Trinajstić information content (AvgIpc) is 2.50. The van der Waals surface area contributed by atoms with E-state index < -0.39 is 0 Å². The van der Waals surface area contributed by atoms with Crippen LogP contribution in [0.25, 0.3) is 0 Å². The second kappa shape index (κ2) is 5.13. The fourth-order valence-corrected chi connectivity index (χ4v) is 2.77. The molecular formula is C16H23NO. The summed E-state index contributed by atoms with van der Waals surface area (Å²) in [7, 11) is 0. The van der Waals surface area contributed by atoms with Crippen molar-refractivity contribution >= 4 is 12.0 Å². The molecule has 1 aromatic rings. The van der Waals surface area contributed by atoms with Crippen LogP contribution in [-0.4, -0.2) is 19.4 Å². The molecule has 2 rings (SSSR count). The smallest absolute Gasteiger partial charge is 0.150 e. The Hall–Kier alpha value is -1.31. The summed E-state index contributed by atoms with van der Waals surface area (Å²) in [5, 5.41) is 0. The molecule has 98 valence electrons. The Morgan fingerprint density at radius 1 is 1.22 bits per heavy atom. The van der Waals surface area contributed by atoms with Crippen LogP contribution in [0.15, 0.2) is 18.2 Å². The Labute approximate surface area is 110 Å². The Balaban J connectivity index is 2.18. The molecule has 0 saturated carbocycles. The molecule has 1 aliphatic rings. The lowest BCUT2D eigenvalue weighted by atomic mass is 9.85. The van der Waals surface area contributed by atoms with E-state index in [0.29, 0.717) is 5.41 Å². The van der Waals surface area contributed by atoms with Gasteiger partial charge < -0.3 is 4.90 Å². The highest BCUT2D eigenvalue weighted by Crippen LogP contribution is 2.32. The summed E-state index contributed by atoms with van der Waals surface area (Å²) >= 11 is 0. The van der Waals surface area contributed by atoms with E-state index >= 15 is 0 Å². The topological polar surface area (TPSA) is 20.3 Å². The molecule has 0 radical (unpaired) electrons. The van der Waals surface area contributed by atoms with Gasteiger partial charge in [-0.15, -0.1) is 0 Å². The van der Waals surface area contributed by atoms with Crippen LogP contribution in [0, 0.1) is 12.3 Å². The predicted octanol–water partition coefficient (Wildman–Crippen LogP) is 3.82. The number of aryl methyl sites for hydroxylation is 1. The van der Waals surface area contributed by atoms with Crippen molar-refractivity contribution in [3.63, 3.8) is 0 Å². The summed E-state index contributed by atoms with van der Waals surface area (Å²) < 4.78 is 0. The van der Waals surface area contributed by atoms with Crippen LogP contribution in [-0.2, 0) is 0 Å². The van der Waals surface area contributed by atoms with Crippen molar-refractivity contribution in [3.05, 3.63) is 29.3 Å². The lowest BCUT2D eigenvalue weighted by Crippen LogP contribution is -2.25. The summed E-state index contributed by atoms with van der Waals surface area (Å²) in [6, 6.07) is 6.00. The van der Waals surface area contributed by atoms with E-state index in [-0.39, 0.29) is 0 Å². The molecule has 2 heteroatoms. The molecule has 18 heavy (non-hydrogen) atoms. The molecule has 0 aliphatic carbocycles. The van der Waals surface area contributed by atoms with E-state index in [2.05, 4.69) is 31.7 Å². The van der Waals surface area contributed by atoms with Gasteiger partial charge in [-0.05, 0) is 55.4 Å². The van der Waals surface area contributed by atoms with E-state index in [1.54, 1.807) is 0 Å². The number of benzene rings is 1. The number of anilines is 1. The van der Waals surface area contributed by atoms with Crippen LogP contribution >= 0.6 is 0 Å². The number of carbonyl (C=O) groups excluding carboxylic acids is 1. The van der Waals surface area contributed by atoms with E-state index in [9.17, 15) is 4.79 Å². The summed E-state index contributed by atoms with van der Waals surface area (Å²) in [6.07, 6.45) is 4.71. The van der Waals surface area contributed by atoms with Crippen molar-refractivity contribution in [2.24, 2.45) is 5.41 Å². The fraction of sp³-hybridized carbons (Fsp3) is 0.562. The highest BCUT2D eigenvalue weighted by molar-refractivity contribution is 5.77. The summed E-state index contributed by atoms with van der Waals surface area (Å²) in [6.45, 7) is 9.06. The van der Waals surface area contributed by atoms with Crippen LogP contribution in [0.2, 0.25) is 0 Å². The molecule has 0 bridgehead atoms. The Morgan fingerprint density at radius 2 is 2.00 bits per heavy atom. The minimum absolute atomic E-state index is 0.464. The Bertz CT molecular complexity index is 437. The van der Waals surface area contributed by atoms with E-state index in [4.69, 9.17) is 0 Å². The molecule has 0 unspecified atom stereocenters. The Kier molecular flexibility index (Phi) is 3.74. The molecule has 0 aromatic heterocycles. The molecular weight excluding hydrogens is 222 g/mol. The SMILES string of the molecule is Cc1cc(C=O)ccc1N1CCCC(C)(C)CC1. The predicted molar refractivity (Wildman–Crippen MR) is 76.4 cm³/mol. The molecule has 1 fully saturated rings. The Morgan fingerprint density at radius 3 is 2.67 bits per heavy atom. The normalized spacial score (nSPS) is 19.4. The number of carbonyl (C=O) groups is 1. The highest BCUT2D eigenvalue weighted by Gasteiger charge is 2.23. The lowest BCUT2D eigenvalue weighted by Gasteiger charge is -2.26. The molecule has 1 aromatic carbocycles. The number of hydrogen-bond acceptors (Lipinski definition) is 2. The molecule has 0 N–H and O–H groups in total. The highest BCUT2D eigenvalue weighted by atomic mass is 16.1. The van der Waals surface area contributed by atoms with E-state index in [1.165, 1.54) is 30.5 Å². The van der Waals surface area contributed by atoms with Crippen molar-refractivity contribution in [1.29, 1.82) is 0 Å². The van der Waals surface area contributed by atoms with Crippen molar-refractivity contribution in [1.82, 2.24) is 0 Å². The molecule has 0 spiro atoms. The third-order valence-electron chi connectivity index (χ3n) is 4.04. The minimum Gasteiger partial charge on any atom is -0.371 e. The first-order valence-electron chi connectivity index (χ1n) is 6.83. The van der Waals surface area contributed by atoms with Gasteiger partial charge in [-0.25, -0.2) is 0 Å². The second-order valence-electron chi connectivity index (χ2n) is 6.17. The summed E-state index contributed by atoms with van der Waals surface area (Å²) in [4.78, 5) is 13.2. The third kappa shape index (κ3) is 2.92. The molecule has 0 atom stereocenters. The van der Waals surface area contributed by atoms with Crippen LogP contribution in [0.4, 0.5) is 5.69 Å². The van der Waals surface area contributed by atoms with Gasteiger partial charge in [0.05, 0.1) is 0 Å². The average molecular weight is 245 g/mol. The number of nitrogens with zero attached hydrogens (tertiary/aromatic N) is 1. The van der Waals surface area contributed by atoms with Gasteiger partial charge in [0.2, 0.25) is 0 Å². The van der Waals surface area contributed by atoms with E-state index in [0.717, 1.165) is 24.9 Å². The lowest BCUT2D eigenvalue weighted by molar-refractivity contribution is 0.112. The van der Waals surface area contributed by atoms with Crippen LogP contribution in [0.1, 0.15) is 49.0 Å². The first-order chi connectivity index (χ1) is 8.52. The van der Waals surface area contributed by atoms with Gasteiger partial charge in [0, 0.05) is 24.3 Å². The van der Waals surface area contributed by atoms with Gasteiger partial charge >= 0.3 is 0 Å². The zero-order valence-electron chi connectivity index (χ0n) is 11.7. The van der Waals surface area contributed by atoms with Gasteiger partial charge in [-0.1, -0.05) is 13.8 Å². The van der Waals surface area contributed by atoms with Crippen molar-refractivity contribution in [2.45, 2.75) is 40.0 Å². The minimum atomic E-state index is 0.464. The molecule has 1 heterocycles. The third-order valence-corrected chi connectivity index (χ3v) is 4.04. The molecule has 1 aliphatic heterocycles. The zero-order valence-corrected chi connectivity index (χ0v) is 11.7. The molecule has 2 nitrogen and oxygen atoms in total. The molecule has 1 saturated heterocycles. The summed E-state index contributed by atoms with van der Waals surface area (Å²) in [5.74, 6) is 0. The van der Waals surface area contributed by atoms with E-state index in [1.807, 2.05) is 12.1 Å². The maximum absolute atomic E-state index is 10.8. The van der Waals surface area contributed by atoms with Crippen LogP contribution in [0.3, 0.4) is 0 Å². The maximum Gasteiger partial charge on any atom is 0.150 e. The van der Waals surface area contributed by atoms with Gasteiger partial charge in [0.15, 0.2) is 0 Å². The first-order valence-corrected chi connectivity index (χ1v) is 6.83. The van der Waals surface area contributed by atoms with Crippen molar-refractivity contribution < 1.29 is 4.79 Å². The van der Waals surface area contributed by atoms with Gasteiger partial charge in [0.1, 0.15) is 6.29 Å². The summed E-state index contributed by atoms with van der Waals surface area (Å²) in [5.41, 5.74) is 3.73. The van der Waals surface area contributed by atoms with Gasteiger partial charge in [-0.3, -0.25) is 4.79 Å². The monoisotopic (exact) mass is 245 g/mol. The quantitative estimate of drug-likeness (QED) is 0.738. The maximum atomic E-state index is 10.8. The number of rotatable bonds is 2. The first kappa shape index (κ1) is 13.1. The number of aldehydes is 1. The van der Waals surface area contributed by atoms with Crippen molar-refractivity contribution in [2.75, 3.05) is 18.0 Å². The van der Waals surface area contributed by atoms with Crippen LogP contribution in [0.5, 0.6) is 0 Å². The second-order valence-corrected chi connectivity index (χ2v) is 6.17. The number of hydrogen-bond donors (Lipinski definition) is 0. The van der Waals surface area contributed by atoms with Crippen LogP contribution < -0.4 is 4.90 Å². The molecule has 0 amide bonds. The zero-order chi connectivity index (χ0) is 13.2. The van der Waals surface area contributed by atoms with Gasteiger partial charge in [-0.2, -0.15) is 0 Å².